The molecule has 2 aliphatic heterocycles. The zero-order chi connectivity index (χ0) is 31.4. The molecule has 0 saturated heterocycles. The minimum atomic E-state index is 0.0275. The molecule has 0 fully saturated rings. The summed E-state index contributed by atoms with van der Waals surface area (Å²) < 4.78 is 5.07. The number of aryl methyl sites for hydroxylation is 2. The van der Waals surface area contributed by atoms with Gasteiger partial charge in [-0.05, 0) is 77.9 Å². The molecule has 2 aliphatic rings. The van der Waals surface area contributed by atoms with Gasteiger partial charge in [-0.1, -0.05) is 97.1 Å². The molecule has 0 unspecified atom stereocenters. The quantitative estimate of drug-likeness (QED) is 0.169. The van der Waals surface area contributed by atoms with Crippen LogP contribution in [0.15, 0.2) is 133 Å². The van der Waals surface area contributed by atoms with Gasteiger partial charge in [-0.25, -0.2) is 0 Å². The molecule has 0 radical (unpaired) electrons. The zero-order valence-corrected chi connectivity index (χ0v) is 26.6. The molecule has 222 valence electrons. The molecular formula is C44H28BN3. The van der Waals surface area contributed by atoms with Crippen LogP contribution in [0.1, 0.15) is 11.1 Å². The highest BCUT2D eigenvalue weighted by Crippen LogP contribution is 2.49. The summed E-state index contributed by atoms with van der Waals surface area (Å²) in [6.45, 7) is 4.54. The van der Waals surface area contributed by atoms with E-state index >= 15 is 0 Å². The predicted octanol–water partition coefficient (Wildman–Crippen LogP) is 9.79. The maximum absolute atomic E-state index is 2.66. The normalized spacial score (nSPS) is 13.5. The molecule has 12 rings (SSSR count). The summed E-state index contributed by atoms with van der Waals surface area (Å²) in [6.07, 6.45) is 0. The summed E-state index contributed by atoms with van der Waals surface area (Å²) >= 11 is 0. The van der Waals surface area contributed by atoms with E-state index in [4.69, 9.17) is 0 Å². The van der Waals surface area contributed by atoms with Crippen LogP contribution in [-0.2, 0) is 0 Å². The number of benzene rings is 7. The zero-order valence-electron chi connectivity index (χ0n) is 26.6. The number of para-hydroxylation sites is 5. The van der Waals surface area contributed by atoms with Gasteiger partial charge < -0.3 is 13.8 Å². The highest BCUT2D eigenvalue weighted by Gasteiger charge is 2.44. The lowest BCUT2D eigenvalue weighted by Gasteiger charge is -2.43. The van der Waals surface area contributed by atoms with Gasteiger partial charge >= 0.3 is 6.85 Å². The van der Waals surface area contributed by atoms with Gasteiger partial charge in [0.15, 0.2) is 0 Å². The first-order valence-corrected chi connectivity index (χ1v) is 16.9. The molecule has 3 aromatic heterocycles. The third-order valence-corrected chi connectivity index (χ3v) is 11.4. The lowest BCUT2D eigenvalue weighted by molar-refractivity contribution is 1.17. The monoisotopic (exact) mass is 609 g/mol. The summed E-state index contributed by atoms with van der Waals surface area (Å²) in [5, 5.41) is 7.88. The largest absolute Gasteiger partial charge is 0.376 e. The highest BCUT2D eigenvalue weighted by molar-refractivity contribution is 6.93. The Balaban J connectivity index is 1.30. The topological polar surface area (TPSA) is 12.6 Å². The third-order valence-electron chi connectivity index (χ3n) is 11.4. The highest BCUT2D eigenvalue weighted by atomic mass is 15.1. The van der Waals surface area contributed by atoms with Crippen LogP contribution in [0.3, 0.4) is 0 Å². The molecule has 0 saturated carbocycles. The number of rotatable bonds is 1. The summed E-state index contributed by atoms with van der Waals surface area (Å²) in [7, 11) is 0. The molecule has 10 aromatic rings. The van der Waals surface area contributed by atoms with Crippen LogP contribution in [-0.4, -0.2) is 15.8 Å². The van der Waals surface area contributed by atoms with Crippen molar-refractivity contribution in [2.45, 2.75) is 13.8 Å². The van der Waals surface area contributed by atoms with Crippen LogP contribution >= 0.6 is 0 Å². The third kappa shape index (κ3) is 2.82. The van der Waals surface area contributed by atoms with Crippen LogP contribution < -0.4 is 15.7 Å². The van der Waals surface area contributed by atoms with Crippen molar-refractivity contribution in [1.82, 2.24) is 8.97 Å². The van der Waals surface area contributed by atoms with E-state index in [1.54, 1.807) is 0 Å². The van der Waals surface area contributed by atoms with Gasteiger partial charge in [-0.3, -0.25) is 0 Å². The molecule has 4 heteroatoms. The van der Waals surface area contributed by atoms with Gasteiger partial charge in [0, 0.05) is 54.9 Å². The molecule has 48 heavy (non-hydrogen) atoms. The fourth-order valence-electron chi connectivity index (χ4n) is 9.53. The van der Waals surface area contributed by atoms with Crippen molar-refractivity contribution in [1.29, 1.82) is 0 Å². The average Bonchev–Trinajstić information content (AvgIpc) is 3.76. The second-order valence-electron chi connectivity index (χ2n) is 13.8. The van der Waals surface area contributed by atoms with Gasteiger partial charge in [0.05, 0.1) is 27.6 Å². The first-order chi connectivity index (χ1) is 23.7. The number of fused-ring (bicyclic) bond motifs is 13. The van der Waals surface area contributed by atoms with E-state index in [0.717, 1.165) is 0 Å². The molecule has 0 spiro atoms. The van der Waals surface area contributed by atoms with E-state index in [-0.39, 0.29) is 6.85 Å². The minimum Gasteiger partial charge on any atom is -0.376 e. The van der Waals surface area contributed by atoms with Crippen molar-refractivity contribution in [3.05, 3.63) is 145 Å². The predicted molar refractivity (Wildman–Crippen MR) is 204 cm³/mol. The number of hydrogen-bond acceptors (Lipinski definition) is 1. The molecule has 0 aliphatic carbocycles. The van der Waals surface area contributed by atoms with Crippen LogP contribution in [0, 0.1) is 13.8 Å². The number of hydrogen-bond donors (Lipinski definition) is 0. The SMILES string of the molecule is Cc1cc2c3c(c1)-n1c4ccccc4c4cccc(c41)B3N(c1ccccc1C)c1cc3c4cccc5c6ccccc6n(c3cc1-2)c54. The maximum Gasteiger partial charge on any atom is 0.333 e. The molecule has 3 nitrogen and oxygen atoms in total. The summed E-state index contributed by atoms with van der Waals surface area (Å²) in [5.74, 6) is 0. The van der Waals surface area contributed by atoms with E-state index in [2.05, 4.69) is 161 Å². The van der Waals surface area contributed by atoms with Crippen LogP contribution in [0.5, 0.6) is 0 Å². The Morgan fingerprint density at radius 3 is 1.96 bits per heavy atom. The second kappa shape index (κ2) is 8.47. The van der Waals surface area contributed by atoms with E-state index < -0.39 is 0 Å². The Bertz CT molecular complexity index is 3050. The molecule has 7 aromatic carbocycles. The summed E-state index contributed by atoms with van der Waals surface area (Å²) in [5.41, 5.74) is 18.2. The fourth-order valence-corrected chi connectivity index (χ4v) is 9.53. The number of anilines is 2. The smallest absolute Gasteiger partial charge is 0.333 e. The van der Waals surface area contributed by atoms with Gasteiger partial charge in [0.2, 0.25) is 0 Å². The van der Waals surface area contributed by atoms with E-state index in [1.807, 2.05) is 0 Å². The van der Waals surface area contributed by atoms with E-state index in [0.29, 0.717) is 0 Å². The van der Waals surface area contributed by atoms with Gasteiger partial charge in [0.25, 0.3) is 0 Å². The Hall–Kier alpha value is -6.00. The van der Waals surface area contributed by atoms with Crippen molar-refractivity contribution in [2.24, 2.45) is 0 Å². The summed E-state index contributed by atoms with van der Waals surface area (Å²) in [6, 6.07) is 50.3. The van der Waals surface area contributed by atoms with Crippen molar-refractivity contribution in [3.63, 3.8) is 0 Å². The Morgan fingerprint density at radius 2 is 1.12 bits per heavy atom. The molecule has 0 N–H and O–H groups in total. The Kier molecular flexibility index (Phi) is 4.44. The lowest BCUT2D eigenvalue weighted by atomic mass is 9.44. The van der Waals surface area contributed by atoms with E-state index in [9.17, 15) is 0 Å². The van der Waals surface area contributed by atoms with Gasteiger partial charge in [-0.2, -0.15) is 0 Å². The first-order valence-electron chi connectivity index (χ1n) is 16.9. The second-order valence-corrected chi connectivity index (χ2v) is 13.8. The number of nitrogens with zero attached hydrogens (tertiary/aromatic N) is 3. The standard InChI is InChI=1S/C44H28BN3/c1-25-21-34-33-23-39-32(31-15-9-14-29-27-12-4-7-19-37(27)46(39)43(29)31)24-40(33)48(36-18-6-3-11-26(36)2)45-35-17-10-16-30-28-13-5-8-20-38(28)47(44(30)35)41(22-25)42(34)45/h3-24H,1-2H3. The van der Waals surface area contributed by atoms with Crippen molar-refractivity contribution < 1.29 is 0 Å². The van der Waals surface area contributed by atoms with Crippen molar-refractivity contribution in [2.75, 3.05) is 4.81 Å². The lowest BCUT2D eigenvalue weighted by Crippen LogP contribution is -2.60. The van der Waals surface area contributed by atoms with Crippen molar-refractivity contribution >= 4 is 89.0 Å². The van der Waals surface area contributed by atoms with Crippen molar-refractivity contribution in [3.8, 4) is 16.8 Å². The van der Waals surface area contributed by atoms with Crippen LogP contribution in [0.2, 0.25) is 0 Å². The molecular weight excluding hydrogens is 581 g/mol. The minimum absolute atomic E-state index is 0.0275. The van der Waals surface area contributed by atoms with E-state index in [1.165, 1.54) is 110 Å². The van der Waals surface area contributed by atoms with Crippen LogP contribution in [0.4, 0.5) is 11.4 Å². The fraction of sp³-hybridized carbons (Fsp3) is 0.0455. The number of aromatic nitrogens is 2. The maximum atomic E-state index is 2.66. The molecule has 0 atom stereocenters. The average molecular weight is 610 g/mol. The van der Waals surface area contributed by atoms with Gasteiger partial charge in [0.1, 0.15) is 0 Å². The van der Waals surface area contributed by atoms with Crippen LogP contribution in [0.25, 0.3) is 76.7 Å². The molecule has 0 amide bonds. The van der Waals surface area contributed by atoms with Gasteiger partial charge in [-0.15, -0.1) is 0 Å². The first kappa shape index (κ1) is 25.1. The molecule has 0 bridgehead atoms. The Labute approximate surface area is 277 Å². The Morgan fingerprint density at radius 1 is 0.458 bits per heavy atom. The molecule has 5 heterocycles. The summed E-state index contributed by atoms with van der Waals surface area (Å²) in [4.78, 5) is 2.66.